The summed E-state index contributed by atoms with van der Waals surface area (Å²) in [6.07, 6.45) is 11.0. The van der Waals surface area contributed by atoms with Crippen LogP contribution in [-0.2, 0) is 4.79 Å². The van der Waals surface area contributed by atoms with Gasteiger partial charge >= 0.3 is 0 Å². The first kappa shape index (κ1) is 13.4. The molecule has 0 aromatic heterocycles. The van der Waals surface area contributed by atoms with E-state index in [0.29, 0.717) is 24.8 Å². The summed E-state index contributed by atoms with van der Waals surface area (Å²) in [5.74, 6) is 8.39. The van der Waals surface area contributed by atoms with Gasteiger partial charge in [0.2, 0.25) is 5.91 Å². The Kier molecular flexibility index (Phi) is 6.30. The van der Waals surface area contributed by atoms with Gasteiger partial charge in [0.25, 0.3) is 0 Å². The van der Waals surface area contributed by atoms with Crippen molar-refractivity contribution in [1.29, 1.82) is 0 Å². The van der Waals surface area contributed by atoms with Gasteiger partial charge in [0.05, 0.1) is 13.1 Å². The van der Waals surface area contributed by atoms with Gasteiger partial charge in [-0.1, -0.05) is 11.8 Å². The largest absolute Gasteiger partial charge is 0.320 e. The van der Waals surface area contributed by atoms with Crippen molar-refractivity contribution in [2.24, 2.45) is 0 Å². The van der Waals surface area contributed by atoms with E-state index in [0.717, 1.165) is 11.5 Å². The van der Waals surface area contributed by atoms with E-state index in [1.807, 2.05) is 23.5 Å². The monoisotopic (exact) mass is 253 g/mol. The molecule has 0 unspecified atom stereocenters. The first-order valence-corrected chi connectivity index (χ1v) is 7.32. The lowest BCUT2D eigenvalue weighted by Gasteiger charge is -2.24. The summed E-state index contributed by atoms with van der Waals surface area (Å²) in [7, 11) is 0. The van der Waals surface area contributed by atoms with E-state index < -0.39 is 0 Å². The fourth-order valence-electron chi connectivity index (χ4n) is 1.43. The van der Waals surface area contributed by atoms with Gasteiger partial charge in [-0.3, -0.25) is 4.79 Å². The second-order valence-electron chi connectivity index (χ2n) is 3.43. The SMILES string of the molecule is C#CCN(CC#C)C(=O)C[C@@H]1CSCCS1. The summed E-state index contributed by atoms with van der Waals surface area (Å²) in [6, 6.07) is 0. The topological polar surface area (TPSA) is 20.3 Å². The number of carbonyl (C=O) groups excluding carboxylic acids is 1. The van der Waals surface area contributed by atoms with Gasteiger partial charge in [-0.05, 0) is 0 Å². The van der Waals surface area contributed by atoms with Crippen LogP contribution in [0.2, 0.25) is 0 Å². The molecule has 0 aromatic carbocycles. The van der Waals surface area contributed by atoms with Gasteiger partial charge in [-0.15, -0.1) is 12.8 Å². The van der Waals surface area contributed by atoms with Crippen molar-refractivity contribution in [3.8, 4) is 24.7 Å². The minimum Gasteiger partial charge on any atom is -0.320 e. The van der Waals surface area contributed by atoms with E-state index in [4.69, 9.17) is 12.8 Å². The van der Waals surface area contributed by atoms with E-state index in [-0.39, 0.29) is 5.91 Å². The normalized spacial score (nSPS) is 19.5. The summed E-state index contributed by atoms with van der Waals surface area (Å²) in [5, 5.41) is 0.421. The molecule has 4 heteroatoms. The molecule has 0 spiro atoms. The lowest BCUT2D eigenvalue weighted by Crippen LogP contribution is -2.34. The standard InChI is InChI=1S/C12H15NOS2/c1-3-5-13(6-4-2)12(14)9-11-10-15-7-8-16-11/h1-2,11H,5-10H2/t11-/m1/s1. The Bertz CT molecular complexity index is 294. The molecule has 1 aliphatic rings. The quantitative estimate of drug-likeness (QED) is 0.705. The number of hydrogen-bond acceptors (Lipinski definition) is 3. The van der Waals surface area contributed by atoms with Gasteiger partial charge in [0, 0.05) is 28.9 Å². The predicted octanol–water partition coefficient (Wildman–Crippen LogP) is 1.32. The average molecular weight is 253 g/mol. The van der Waals surface area contributed by atoms with Crippen molar-refractivity contribution in [2.75, 3.05) is 30.3 Å². The number of amides is 1. The van der Waals surface area contributed by atoms with E-state index >= 15 is 0 Å². The molecular formula is C12H15NOS2. The highest BCUT2D eigenvalue weighted by molar-refractivity contribution is 8.06. The van der Waals surface area contributed by atoms with Crippen molar-refractivity contribution < 1.29 is 4.79 Å². The molecule has 86 valence electrons. The van der Waals surface area contributed by atoms with Gasteiger partial charge in [-0.25, -0.2) is 0 Å². The molecule has 0 aliphatic carbocycles. The number of terminal acetylenes is 2. The molecule has 2 nitrogen and oxygen atoms in total. The van der Waals surface area contributed by atoms with Crippen molar-refractivity contribution in [2.45, 2.75) is 11.7 Å². The zero-order valence-corrected chi connectivity index (χ0v) is 10.8. The Morgan fingerprint density at radius 2 is 2.00 bits per heavy atom. The number of carbonyl (C=O) groups is 1. The van der Waals surface area contributed by atoms with Crippen molar-refractivity contribution >= 4 is 29.4 Å². The Hall–Kier alpha value is -0.710. The molecule has 1 atom stereocenters. The van der Waals surface area contributed by atoms with Crippen LogP contribution in [0.15, 0.2) is 0 Å². The average Bonchev–Trinajstić information content (AvgIpc) is 2.30. The molecule has 16 heavy (non-hydrogen) atoms. The van der Waals surface area contributed by atoms with Gasteiger partial charge in [0.15, 0.2) is 0 Å². The van der Waals surface area contributed by atoms with Crippen LogP contribution in [0.1, 0.15) is 6.42 Å². The lowest BCUT2D eigenvalue weighted by molar-refractivity contribution is -0.129. The third kappa shape index (κ3) is 4.43. The van der Waals surface area contributed by atoms with E-state index in [1.54, 1.807) is 4.90 Å². The molecule has 0 saturated carbocycles. The van der Waals surface area contributed by atoms with Crippen molar-refractivity contribution in [3.05, 3.63) is 0 Å². The molecule has 0 N–H and O–H groups in total. The Morgan fingerprint density at radius 3 is 2.50 bits per heavy atom. The number of thioether (sulfide) groups is 2. The van der Waals surface area contributed by atoms with Gasteiger partial charge in [0.1, 0.15) is 0 Å². The van der Waals surface area contributed by atoms with Crippen LogP contribution in [-0.4, -0.2) is 46.4 Å². The van der Waals surface area contributed by atoms with Crippen molar-refractivity contribution in [3.63, 3.8) is 0 Å². The van der Waals surface area contributed by atoms with Crippen LogP contribution in [0.3, 0.4) is 0 Å². The first-order chi connectivity index (χ1) is 7.77. The highest BCUT2D eigenvalue weighted by Crippen LogP contribution is 2.26. The molecule has 1 heterocycles. The molecule has 1 aliphatic heterocycles. The summed E-state index contributed by atoms with van der Waals surface area (Å²) >= 11 is 3.78. The summed E-state index contributed by atoms with van der Waals surface area (Å²) in [6.45, 7) is 0.626. The Morgan fingerprint density at radius 1 is 1.31 bits per heavy atom. The van der Waals surface area contributed by atoms with Gasteiger partial charge in [-0.2, -0.15) is 23.5 Å². The minimum atomic E-state index is 0.0795. The molecule has 1 saturated heterocycles. The maximum atomic E-state index is 11.9. The molecule has 0 radical (unpaired) electrons. The third-order valence-electron chi connectivity index (χ3n) is 2.20. The maximum Gasteiger partial charge on any atom is 0.225 e. The molecule has 0 bridgehead atoms. The number of nitrogens with zero attached hydrogens (tertiary/aromatic N) is 1. The molecule has 0 aromatic rings. The number of hydrogen-bond donors (Lipinski definition) is 0. The van der Waals surface area contributed by atoms with E-state index in [9.17, 15) is 4.79 Å². The minimum absolute atomic E-state index is 0.0795. The number of rotatable bonds is 4. The van der Waals surface area contributed by atoms with Crippen LogP contribution in [0.5, 0.6) is 0 Å². The highest BCUT2D eigenvalue weighted by atomic mass is 32.2. The zero-order valence-electron chi connectivity index (χ0n) is 9.15. The molecular weight excluding hydrogens is 238 g/mol. The lowest BCUT2D eigenvalue weighted by atomic mass is 10.3. The molecule has 1 amide bonds. The highest BCUT2D eigenvalue weighted by Gasteiger charge is 2.20. The molecule has 1 fully saturated rings. The van der Waals surface area contributed by atoms with Crippen LogP contribution >= 0.6 is 23.5 Å². The van der Waals surface area contributed by atoms with E-state index in [2.05, 4.69) is 11.8 Å². The van der Waals surface area contributed by atoms with Crippen LogP contribution < -0.4 is 0 Å². The third-order valence-corrected chi connectivity index (χ3v) is 5.05. The summed E-state index contributed by atoms with van der Waals surface area (Å²) < 4.78 is 0. The fraction of sp³-hybridized carbons (Fsp3) is 0.583. The molecule has 1 rings (SSSR count). The zero-order chi connectivity index (χ0) is 11.8. The smallest absolute Gasteiger partial charge is 0.225 e. The Balaban J connectivity index is 2.41. The van der Waals surface area contributed by atoms with Gasteiger partial charge < -0.3 is 4.90 Å². The van der Waals surface area contributed by atoms with Crippen LogP contribution in [0.25, 0.3) is 0 Å². The first-order valence-electron chi connectivity index (χ1n) is 5.12. The Labute approximate surface area is 106 Å². The van der Waals surface area contributed by atoms with Crippen LogP contribution in [0, 0.1) is 24.7 Å². The van der Waals surface area contributed by atoms with Crippen LogP contribution in [0.4, 0.5) is 0 Å². The predicted molar refractivity (Wildman–Crippen MR) is 72.4 cm³/mol. The van der Waals surface area contributed by atoms with E-state index in [1.165, 1.54) is 5.75 Å². The second-order valence-corrected chi connectivity index (χ2v) is 5.99. The van der Waals surface area contributed by atoms with Crippen molar-refractivity contribution in [1.82, 2.24) is 4.90 Å². The fourth-order valence-corrected chi connectivity index (χ4v) is 4.10. The summed E-state index contributed by atoms with van der Waals surface area (Å²) in [5.41, 5.74) is 0. The maximum absolute atomic E-state index is 11.9. The second kappa shape index (κ2) is 7.54. The summed E-state index contributed by atoms with van der Waals surface area (Å²) in [4.78, 5) is 13.5.